The fourth-order valence-corrected chi connectivity index (χ4v) is 4.65. The highest BCUT2D eigenvalue weighted by molar-refractivity contribution is 7.91. The molecule has 2 heterocycles. The molecule has 2 fully saturated rings. The average Bonchev–Trinajstić information content (AvgIpc) is 3.27. The van der Waals surface area contributed by atoms with Crippen molar-refractivity contribution in [2.45, 2.75) is 31.8 Å². The zero-order valence-corrected chi connectivity index (χ0v) is 13.3. The first kappa shape index (κ1) is 15.3. The molecule has 2 aliphatic rings. The molecule has 1 N–H and O–H groups in total. The third-order valence-electron chi connectivity index (χ3n) is 4.18. The van der Waals surface area contributed by atoms with Crippen molar-refractivity contribution in [1.29, 1.82) is 0 Å². The van der Waals surface area contributed by atoms with Crippen LogP contribution in [0.2, 0.25) is 0 Å². The largest absolute Gasteiger partial charge is 0.338 e. The number of amides is 2. The smallest absolute Gasteiger partial charge is 0.318 e. The number of pyridine rings is 1. The van der Waals surface area contributed by atoms with Gasteiger partial charge >= 0.3 is 6.03 Å². The molecule has 6 nitrogen and oxygen atoms in total. The van der Waals surface area contributed by atoms with Crippen LogP contribution in [0.15, 0.2) is 24.4 Å². The third-order valence-corrected chi connectivity index (χ3v) is 6.01. The van der Waals surface area contributed by atoms with Gasteiger partial charge in [0.05, 0.1) is 23.7 Å². The SMILES string of the molecule is O=C(NC[C@@H]1CCS(=O)(=O)C1)N(Cc1ccccn1)C1CC1. The predicted molar refractivity (Wildman–Crippen MR) is 83.0 cm³/mol. The van der Waals surface area contributed by atoms with Crippen LogP contribution >= 0.6 is 0 Å². The van der Waals surface area contributed by atoms with Crippen molar-refractivity contribution in [3.05, 3.63) is 30.1 Å². The van der Waals surface area contributed by atoms with Gasteiger partial charge in [-0.2, -0.15) is 0 Å². The summed E-state index contributed by atoms with van der Waals surface area (Å²) in [7, 11) is -2.89. The number of hydrogen-bond donors (Lipinski definition) is 1. The van der Waals surface area contributed by atoms with Crippen molar-refractivity contribution in [2.24, 2.45) is 5.92 Å². The maximum Gasteiger partial charge on any atom is 0.318 e. The van der Waals surface area contributed by atoms with Gasteiger partial charge in [-0.05, 0) is 37.3 Å². The van der Waals surface area contributed by atoms with Gasteiger partial charge in [0.1, 0.15) is 0 Å². The number of sulfone groups is 1. The molecule has 0 radical (unpaired) electrons. The molecule has 1 saturated heterocycles. The number of hydrogen-bond acceptors (Lipinski definition) is 4. The zero-order chi connectivity index (χ0) is 15.6. The van der Waals surface area contributed by atoms with Gasteiger partial charge in [-0.15, -0.1) is 0 Å². The fourth-order valence-electron chi connectivity index (χ4n) is 2.79. The number of urea groups is 1. The predicted octanol–water partition coefficient (Wildman–Crippen LogP) is 1.19. The van der Waals surface area contributed by atoms with E-state index in [-0.39, 0.29) is 29.5 Å². The van der Waals surface area contributed by atoms with Gasteiger partial charge in [-0.1, -0.05) is 6.07 Å². The number of carbonyl (C=O) groups excluding carboxylic acids is 1. The second-order valence-electron chi connectivity index (χ2n) is 6.14. The van der Waals surface area contributed by atoms with E-state index in [9.17, 15) is 13.2 Å². The average molecular weight is 323 g/mol. The lowest BCUT2D eigenvalue weighted by Crippen LogP contribution is -2.43. The standard InChI is InChI=1S/C15H21N3O3S/c19-15(17-9-12-6-8-22(20,21)11-12)18(14-4-5-14)10-13-3-1-2-7-16-13/h1-3,7,12,14H,4-6,8-11H2,(H,17,19)/t12-/m0/s1. The maximum atomic E-state index is 12.4. The summed E-state index contributed by atoms with van der Waals surface area (Å²) < 4.78 is 22.9. The molecular formula is C15H21N3O3S. The minimum Gasteiger partial charge on any atom is -0.338 e. The molecule has 22 heavy (non-hydrogen) atoms. The molecule has 1 aliphatic carbocycles. The Hall–Kier alpha value is -1.63. The van der Waals surface area contributed by atoms with Gasteiger partial charge in [0.2, 0.25) is 0 Å². The van der Waals surface area contributed by atoms with Crippen molar-refractivity contribution in [3.63, 3.8) is 0 Å². The quantitative estimate of drug-likeness (QED) is 0.883. The van der Waals surface area contributed by atoms with Crippen LogP contribution in [0.5, 0.6) is 0 Å². The number of nitrogens with one attached hydrogen (secondary N) is 1. The summed E-state index contributed by atoms with van der Waals surface area (Å²) in [6.45, 7) is 0.934. The van der Waals surface area contributed by atoms with E-state index in [1.165, 1.54) is 0 Å². The van der Waals surface area contributed by atoms with Crippen LogP contribution < -0.4 is 5.32 Å². The minimum atomic E-state index is -2.89. The van der Waals surface area contributed by atoms with E-state index in [0.717, 1.165) is 18.5 Å². The molecule has 1 aromatic heterocycles. The Kier molecular flexibility index (Phi) is 4.33. The highest BCUT2D eigenvalue weighted by atomic mass is 32.2. The van der Waals surface area contributed by atoms with Gasteiger partial charge in [-0.3, -0.25) is 4.98 Å². The van der Waals surface area contributed by atoms with Gasteiger partial charge in [0, 0.05) is 18.8 Å². The topological polar surface area (TPSA) is 79.4 Å². The normalized spacial score (nSPS) is 23.2. The molecule has 1 aromatic rings. The summed E-state index contributed by atoms with van der Waals surface area (Å²) in [6, 6.07) is 5.85. The second kappa shape index (κ2) is 6.24. The summed E-state index contributed by atoms with van der Waals surface area (Å²) in [5.74, 6) is 0.481. The molecule has 0 bridgehead atoms. The molecule has 120 valence electrons. The lowest BCUT2D eigenvalue weighted by Gasteiger charge is -2.23. The van der Waals surface area contributed by atoms with Crippen LogP contribution in [0, 0.1) is 5.92 Å². The van der Waals surface area contributed by atoms with Gasteiger partial charge < -0.3 is 10.2 Å². The Balaban J connectivity index is 1.54. The van der Waals surface area contributed by atoms with Gasteiger partial charge in [-0.25, -0.2) is 13.2 Å². The Morgan fingerprint density at radius 1 is 1.32 bits per heavy atom. The summed E-state index contributed by atoms with van der Waals surface area (Å²) in [5, 5.41) is 2.90. The number of nitrogens with zero attached hydrogens (tertiary/aromatic N) is 2. The first-order valence-corrected chi connectivity index (χ1v) is 9.50. The summed E-state index contributed by atoms with van der Waals surface area (Å²) in [6.07, 6.45) is 4.42. The van der Waals surface area contributed by atoms with Crippen LogP contribution in [0.4, 0.5) is 4.79 Å². The lowest BCUT2D eigenvalue weighted by molar-refractivity contribution is 0.190. The molecule has 7 heteroatoms. The number of carbonyl (C=O) groups is 1. The minimum absolute atomic E-state index is 0.0462. The zero-order valence-electron chi connectivity index (χ0n) is 12.4. The Morgan fingerprint density at radius 2 is 2.14 bits per heavy atom. The van der Waals surface area contributed by atoms with E-state index in [1.54, 1.807) is 6.20 Å². The van der Waals surface area contributed by atoms with E-state index in [0.29, 0.717) is 19.5 Å². The third kappa shape index (κ3) is 3.97. The lowest BCUT2D eigenvalue weighted by atomic mass is 10.1. The molecular weight excluding hydrogens is 302 g/mol. The van der Waals surface area contributed by atoms with Crippen molar-refractivity contribution in [1.82, 2.24) is 15.2 Å². The van der Waals surface area contributed by atoms with E-state index in [1.807, 2.05) is 23.1 Å². The number of aromatic nitrogens is 1. The Bertz CT molecular complexity index is 629. The van der Waals surface area contributed by atoms with Crippen LogP contribution in [0.3, 0.4) is 0 Å². The molecule has 0 aromatic carbocycles. The van der Waals surface area contributed by atoms with Crippen molar-refractivity contribution in [3.8, 4) is 0 Å². The van der Waals surface area contributed by atoms with E-state index >= 15 is 0 Å². The second-order valence-corrected chi connectivity index (χ2v) is 8.36. The molecule has 1 saturated carbocycles. The highest BCUT2D eigenvalue weighted by Crippen LogP contribution is 2.28. The number of rotatable bonds is 5. The Labute approximate surface area is 130 Å². The first-order valence-electron chi connectivity index (χ1n) is 7.68. The molecule has 3 rings (SSSR count). The molecule has 2 amide bonds. The summed E-state index contributed by atoms with van der Waals surface area (Å²) >= 11 is 0. The Morgan fingerprint density at radius 3 is 2.73 bits per heavy atom. The fraction of sp³-hybridized carbons (Fsp3) is 0.600. The van der Waals surface area contributed by atoms with Crippen LogP contribution in [-0.4, -0.2) is 48.4 Å². The molecule has 1 atom stereocenters. The van der Waals surface area contributed by atoms with Crippen molar-refractivity contribution in [2.75, 3.05) is 18.1 Å². The molecule has 0 unspecified atom stereocenters. The van der Waals surface area contributed by atoms with Gasteiger partial charge in [0.25, 0.3) is 0 Å². The summed E-state index contributed by atoms with van der Waals surface area (Å²) in [4.78, 5) is 18.5. The van der Waals surface area contributed by atoms with Crippen molar-refractivity contribution >= 4 is 15.9 Å². The first-order chi connectivity index (χ1) is 10.5. The van der Waals surface area contributed by atoms with Crippen LogP contribution in [0.25, 0.3) is 0 Å². The van der Waals surface area contributed by atoms with Crippen molar-refractivity contribution < 1.29 is 13.2 Å². The highest BCUT2D eigenvalue weighted by Gasteiger charge is 2.34. The molecule has 1 aliphatic heterocycles. The maximum absolute atomic E-state index is 12.4. The van der Waals surface area contributed by atoms with Crippen LogP contribution in [-0.2, 0) is 16.4 Å². The van der Waals surface area contributed by atoms with E-state index in [4.69, 9.17) is 0 Å². The monoisotopic (exact) mass is 323 g/mol. The van der Waals surface area contributed by atoms with E-state index in [2.05, 4.69) is 10.3 Å². The van der Waals surface area contributed by atoms with E-state index < -0.39 is 9.84 Å². The van der Waals surface area contributed by atoms with Crippen LogP contribution in [0.1, 0.15) is 25.0 Å². The summed E-state index contributed by atoms with van der Waals surface area (Å²) in [5.41, 5.74) is 0.869. The van der Waals surface area contributed by atoms with Gasteiger partial charge in [0.15, 0.2) is 9.84 Å². The molecule has 0 spiro atoms.